The lowest BCUT2D eigenvalue weighted by Crippen LogP contribution is -2.30. The van der Waals surface area contributed by atoms with Gasteiger partial charge < -0.3 is 15.5 Å². The molecule has 0 bridgehead atoms. The molecule has 2 aromatic carbocycles. The molecule has 6 heteroatoms. The number of carbonyl (C=O) groups excluding carboxylic acids is 3. The number of hydrogen-bond acceptors (Lipinski definition) is 3. The van der Waals surface area contributed by atoms with E-state index in [1.807, 2.05) is 35.2 Å². The van der Waals surface area contributed by atoms with Gasteiger partial charge in [-0.1, -0.05) is 30.3 Å². The fourth-order valence-electron chi connectivity index (χ4n) is 3.19. The van der Waals surface area contributed by atoms with E-state index >= 15 is 0 Å². The first kappa shape index (κ1) is 19.6. The molecule has 1 heterocycles. The minimum atomic E-state index is -0.193. The van der Waals surface area contributed by atoms with Crippen molar-refractivity contribution in [2.24, 2.45) is 0 Å². The van der Waals surface area contributed by atoms with Gasteiger partial charge in [-0.3, -0.25) is 14.4 Å². The fraction of sp³-hybridized carbons (Fsp3) is 0.318. The molecule has 1 fully saturated rings. The van der Waals surface area contributed by atoms with Crippen LogP contribution in [0.15, 0.2) is 54.6 Å². The maximum Gasteiger partial charge on any atom is 0.253 e. The van der Waals surface area contributed by atoms with E-state index in [0.717, 1.165) is 31.5 Å². The Hall–Kier alpha value is -3.15. The number of carbonyl (C=O) groups is 3. The van der Waals surface area contributed by atoms with E-state index in [2.05, 4.69) is 10.6 Å². The second kappa shape index (κ2) is 9.69. The van der Waals surface area contributed by atoms with Crippen molar-refractivity contribution < 1.29 is 14.4 Å². The zero-order valence-corrected chi connectivity index (χ0v) is 15.8. The van der Waals surface area contributed by atoms with Crippen LogP contribution in [0.3, 0.4) is 0 Å². The molecule has 0 aliphatic carbocycles. The number of hydrogen-bond donors (Lipinski definition) is 2. The lowest BCUT2D eigenvalue weighted by molar-refractivity contribution is -0.121. The van der Waals surface area contributed by atoms with Crippen LogP contribution in [0.4, 0.5) is 0 Å². The van der Waals surface area contributed by atoms with Gasteiger partial charge in [-0.15, -0.1) is 0 Å². The molecular weight excluding hydrogens is 354 g/mol. The Balaban J connectivity index is 1.42. The van der Waals surface area contributed by atoms with Gasteiger partial charge in [0.1, 0.15) is 0 Å². The van der Waals surface area contributed by atoms with Crippen molar-refractivity contribution in [2.45, 2.75) is 25.8 Å². The van der Waals surface area contributed by atoms with Crippen molar-refractivity contribution in [3.8, 4) is 0 Å². The highest BCUT2D eigenvalue weighted by Crippen LogP contribution is 2.14. The second-order valence-electron chi connectivity index (χ2n) is 6.85. The average molecular weight is 379 g/mol. The van der Waals surface area contributed by atoms with Crippen LogP contribution in [-0.2, 0) is 11.3 Å². The normalized spacial score (nSPS) is 13.2. The summed E-state index contributed by atoms with van der Waals surface area (Å²) >= 11 is 0. The molecule has 0 radical (unpaired) electrons. The van der Waals surface area contributed by atoms with Crippen molar-refractivity contribution in [3.63, 3.8) is 0 Å². The lowest BCUT2D eigenvalue weighted by atomic mass is 10.1. The Morgan fingerprint density at radius 1 is 0.857 bits per heavy atom. The molecule has 3 amide bonds. The summed E-state index contributed by atoms with van der Waals surface area (Å²) in [5.74, 6) is -0.291. The highest BCUT2D eigenvalue weighted by molar-refractivity contribution is 5.95. The molecule has 1 aliphatic heterocycles. The highest BCUT2D eigenvalue weighted by Gasteiger charge is 2.19. The van der Waals surface area contributed by atoms with Crippen LogP contribution in [0, 0.1) is 0 Å². The van der Waals surface area contributed by atoms with E-state index in [1.54, 1.807) is 24.3 Å². The van der Waals surface area contributed by atoms with E-state index in [4.69, 9.17) is 0 Å². The van der Waals surface area contributed by atoms with Gasteiger partial charge in [0.05, 0.1) is 0 Å². The average Bonchev–Trinajstić information content (AvgIpc) is 3.27. The Morgan fingerprint density at radius 2 is 1.57 bits per heavy atom. The van der Waals surface area contributed by atoms with Gasteiger partial charge >= 0.3 is 0 Å². The zero-order valence-electron chi connectivity index (χ0n) is 15.8. The van der Waals surface area contributed by atoms with E-state index in [9.17, 15) is 14.4 Å². The number of amides is 3. The van der Waals surface area contributed by atoms with Crippen molar-refractivity contribution in [3.05, 3.63) is 71.3 Å². The number of nitrogens with one attached hydrogen (secondary N) is 2. The summed E-state index contributed by atoms with van der Waals surface area (Å²) in [4.78, 5) is 38.3. The van der Waals surface area contributed by atoms with Gasteiger partial charge in [-0.05, 0) is 42.7 Å². The molecule has 2 N–H and O–H groups in total. The molecule has 0 unspecified atom stereocenters. The Morgan fingerprint density at radius 3 is 2.32 bits per heavy atom. The molecule has 146 valence electrons. The van der Waals surface area contributed by atoms with Crippen molar-refractivity contribution in [2.75, 3.05) is 19.6 Å². The smallest absolute Gasteiger partial charge is 0.253 e. The minimum Gasteiger partial charge on any atom is -0.352 e. The fourth-order valence-corrected chi connectivity index (χ4v) is 3.19. The number of likely N-dealkylation sites (tertiary alicyclic amines) is 1. The molecule has 1 saturated heterocycles. The van der Waals surface area contributed by atoms with Gasteiger partial charge in [-0.2, -0.15) is 0 Å². The maximum absolute atomic E-state index is 12.5. The molecule has 0 aromatic heterocycles. The third-order valence-corrected chi connectivity index (χ3v) is 4.73. The largest absolute Gasteiger partial charge is 0.352 e. The second-order valence-corrected chi connectivity index (χ2v) is 6.85. The van der Waals surface area contributed by atoms with Crippen LogP contribution >= 0.6 is 0 Å². The predicted octanol–water partition coefficient (Wildman–Crippen LogP) is 2.36. The third kappa shape index (κ3) is 5.42. The third-order valence-electron chi connectivity index (χ3n) is 4.73. The zero-order chi connectivity index (χ0) is 19.8. The van der Waals surface area contributed by atoms with Gasteiger partial charge in [0.15, 0.2) is 0 Å². The summed E-state index contributed by atoms with van der Waals surface area (Å²) in [6, 6.07) is 16.3. The van der Waals surface area contributed by atoms with Gasteiger partial charge in [-0.25, -0.2) is 0 Å². The van der Waals surface area contributed by atoms with Crippen molar-refractivity contribution in [1.82, 2.24) is 15.5 Å². The van der Waals surface area contributed by atoms with Crippen LogP contribution in [0.1, 0.15) is 45.5 Å². The van der Waals surface area contributed by atoms with E-state index in [0.29, 0.717) is 17.7 Å². The summed E-state index contributed by atoms with van der Waals surface area (Å²) in [6.45, 7) is 2.25. The Bertz CT molecular complexity index is 830. The van der Waals surface area contributed by atoms with Crippen molar-refractivity contribution >= 4 is 17.7 Å². The van der Waals surface area contributed by atoms with Gasteiger partial charge in [0.25, 0.3) is 11.8 Å². The minimum absolute atomic E-state index is 0.0503. The van der Waals surface area contributed by atoms with Crippen LogP contribution in [0.5, 0.6) is 0 Å². The monoisotopic (exact) mass is 379 g/mol. The predicted molar refractivity (Wildman–Crippen MR) is 107 cm³/mol. The van der Waals surface area contributed by atoms with Gasteiger partial charge in [0, 0.05) is 43.7 Å². The van der Waals surface area contributed by atoms with Gasteiger partial charge in [0.2, 0.25) is 5.91 Å². The molecule has 3 rings (SSSR count). The van der Waals surface area contributed by atoms with Crippen LogP contribution < -0.4 is 10.6 Å². The van der Waals surface area contributed by atoms with Crippen LogP contribution in [-0.4, -0.2) is 42.3 Å². The summed E-state index contributed by atoms with van der Waals surface area (Å²) in [6.07, 6.45) is 2.32. The Labute approximate surface area is 164 Å². The molecular formula is C22H25N3O3. The molecule has 0 saturated carbocycles. The quantitative estimate of drug-likeness (QED) is 0.775. The lowest BCUT2D eigenvalue weighted by Gasteiger charge is -2.15. The summed E-state index contributed by atoms with van der Waals surface area (Å²) in [7, 11) is 0. The molecule has 6 nitrogen and oxygen atoms in total. The molecule has 28 heavy (non-hydrogen) atoms. The maximum atomic E-state index is 12.5. The molecule has 1 aliphatic rings. The molecule has 2 aromatic rings. The first-order valence-electron chi connectivity index (χ1n) is 9.61. The van der Waals surface area contributed by atoms with Crippen LogP contribution in [0.2, 0.25) is 0 Å². The topological polar surface area (TPSA) is 78.5 Å². The number of nitrogens with zero attached hydrogens (tertiary/aromatic N) is 1. The Kier molecular flexibility index (Phi) is 6.78. The summed E-state index contributed by atoms with van der Waals surface area (Å²) in [5, 5.41) is 5.57. The van der Waals surface area contributed by atoms with E-state index in [-0.39, 0.29) is 30.7 Å². The summed E-state index contributed by atoms with van der Waals surface area (Å²) < 4.78 is 0. The standard InChI is InChI=1S/C22H25N3O3/c26-20(11-12-23-21(27)18-8-2-1-3-9-18)24-16-17-7-6-10-19(15-17)22(28)25-13-4-5-14-25/h1-3,6-10,15H,4-5,11-14,16H2,(H,23,27)(H,24,26). The number of rotatable bonds is 7. The van der Waals surface area contributed by atoms with Crippen molar-refractivity contribution in [1.29, 1.82) is 0 Å². The number of benzene rings is 2. The van der Waals surface area contributed by atoms with Crippen LogP contribution in [0.25, 0.3) is 0 Å². The molecule has 0 atom stereocenters. The SMILES string of the molecule is O=C(CCNC(=O)c1ccccc1)NCc1cccc(C(=O)N2CCCC2)c1. The first-order chi connectivity index (χ1) is 13.6. The molecule has 0 spiro atoms. The highest BCUT2D eigenvalue weighted by atomic mass is 16.2. The van der Waals surface area contributed by atoms with E-state index in [1.165, 1.54) is 0 Å². The van der Waals surface area contributed by atoms with E-state index < -0.39 is 0 Å². The summed E-state index contributed by atoms with van der Waals surface area (Å²) in [5.41, 5.74) is 2.11. The first-order valence-corrected chi connectivity index (χ1v) is 9.61.